The molecular formula is C13H24N4O2S. The minimum atomic E-state index is -3.45. The molecule has 0 amide bonds. The first-order valence-corrected chi connectivity index (χ1v) is 8.62. The summed E-state index contributed by atoms with van der Waals surface area (Å²) in [6.45, 7) is 5.54. The van der Waals surface area contributed by atoms with Crippen LogP contribution in [0.1, 0.15) is 30.7 Å². The van der Waals surface area contributed by atoms with Crippen molar-refractivity contribution in [3.05, 3.63) is 11.4 Å². The van der Waals surface area contributed by atoms with Crippen molar-refractivity contribution in [3.63, 3.8) is 0 Å². The Bertz CT molecular complexity index is 561. The molecule has 1 aliphatic carbocycles. The lowest BCUT2D eigenvalue weighted by Crippen LogP contribution is -2.32. The van der Waals surface area contributed by atoms with Gasteiger partial charge >= 0.3 is 0 Å². The number of nitrogens with one attached hydrogen (secondary N) is 2. The Hall–Kier alpha value is -0.920. The van der Waals surface area contributed by atoms with E-state index in [-0.39, 0.29) is 0 Å². The average molecular weight is 300 g/mol. The number of nitrogens with zero attached hydrogens (tertiary/aromatic N) is 2. The Balaban J connectivity index is 2.15. The molecule has 0 spiro atoms. The van der Waals surface area contributed by atoms with E-state index >= 15 is 0 Å². The summed E-state index contributed by atoms with van der Waals surface area (Å²) in [4.78, 5) is 0.341. The van der Waals surface area contributed by atoms with Crippen molar-refractivity contribution < 1.29 is 8.42 Å². The lowest BCUT2D eigenvalue weighted by Gasteiger charge is -2.25. The van der Waals surface area contributed by atoms with Gasteiger partial charge in [0.05, 0.1) is 17.9 Å². The number of likely N-dealkylation sites (N-methyl/N-ethyl adjacent to an activating group) is 1. The maximum Gasteiger partial charge on any atom is 0.244 e. The number of hydrogen-bond acceptors (Lipinski definition) is 4. The number of aryl methyl sites for hydroxylation is 1. The first-order valence-electron chi connectivity index (χ1n) is 7.14. The average Bonchev–Trinajstić information content (AvgIpc) is 2.60. The van der Waals surface area contributed by atoms with E-state index in [1.807, 2.05) is 14.0 Å². The van der Waals surface area contributed by atoms with E-state index < -0.39 is 10.0 Å². The third-order valence-electron chi connectivity index (χ3n) is 3.94. The van der Waals surface area contributed by atoms with Gasteiger partial charge in [-0.15, -0.1) is 0 Å². The van der Waals surface area contributed by atoms with Gasteiger partial charge < -0.3 is 5.32 Å². The van der Waals surface area contributed by atoms with E-state index in [2.05, 4.69) is 15.1 Å². The molecule has 7 heteroatoms. The van der Waals surface area contributed by atoms with Crippen LogP contribution in [0.15, 0.2) is 4.90 Å². The highest BCUT2D eigenvalue weighted by molar-refractivity contribution is 7.89. The van der Waals surface area contributed by atoms with Crippen molar-refractivity contribution in [2.24, 2.45) is 5.92 Å². The third kappa shape index (κ3) is 3.21. The Kier molecular flexibility index (Phi) is 4.82. The SMILES string of the molecule is CNCCn1nc(C)c(S(=O)(=O)NCC2CCC2)c1C. The van der Waals surface area contributed by atoms with Crippen LogP contribution in [0.5, 0.6) is 0 Å². The molecule has 0 unspecified atom stereocenters. The van der Waals surface area contributed by atoms with Gasteiger partial charge in [0.2, 0.25) is 10.0 Å². The quantitative estimate of drug-likeness (QED) is 0.781. The molecule has 0 atom stereocenters. The molecular weight excluding hydrogens is 276 g/mol. The van der Waals surface area contributed by atoms with Crippen LogP contribution in [0.3, 0.4) is 0 Å². The van der Waals surface area contributed by atoms with Crippen molar-refractivity contribution in [2.45, 2.75) is 44.6 Å². The first kappa shape index (κ1) is 15.5. The van der Waals surface area contributed by atoms with E-state index in [1.165, 1.54) is 6.42 Å². The summed E-state index contributed by atoms with van der Waals surface area (Å²) < 4.78 is 29.3. The van der Waals surface area contributed by atoms with Crippen molar-refractivity contribution >= 4 is 10.0 Å². The molecule has 2 N–H and O–H groups in total. The van der Waals surface area contributed by atoms with Crippen LogP contribution in [0.2, 0.25) is 0 Å². The summed E-state index contributed by atoms with van der Waals surface area (Å²) in [7, 11) is -1.59. The Morgan fingerprint density at radius 3 is 2.60 bits per heavy atom. The molecule has 1 aromatic heterocycles. The number of aromatic nitrogens is 2. The Morgan fingerprint density at radius 2 is 2.05 bits per heavy atom. The van der Waals surface area contributed by atoms with Crippen molar-refractivity contribution in [2.75, 3.05) is 20.1 Å². The Labute approximate surface area is 121 Å². The predicted molar refractivity (Wildman–Crippen MR) is 78.2 cm³/mol. The van der Waals surface area contributed by atoms with Gasteiger partial charge in [0, 0.05) is 13.1 Å². The zero-order valence-corrected chi connectivity index (χ0v) is 13.3. The topological polar surface area (TPSA) is 76.0 Å². The van der Waals surface area contributed by atoms with E-state index in [0.717, 1.165) is 19.4 Å². The molecule has 0 saturated heterocycles. The standard InChI is InChI=1S/C13H24N4O2S/c1-10-13(11(2)17(16-10)8-7-14-3)20(18,19)15-9-12-5-4-6-12/h12,14-15H,4-9H2,1-3H3. The highest BCUT2D eigenvalue weighted by Gasteiger charge is 2.26. The summed E-state index contributed by atoms with van der Waals surface area (Å²) in [5.41, 5.74) is 1.28. The fraction of sp³-hybridized carbons (Fsp3) is 0.769. The zero-order valence-electron chi connectivity index (χ0n) is 12.4. The van der Waals surface area contributed by atoms with Crippen LogP contribution >= 0.6 is 0 Å². The van der Waals surface area contributed by atoms with Gasteiger partial charge in [0.25, 0.3) is 0 Å². The van der Waals surface area contributed by atoms with Gasteiger partial charge in [0.15, 0.2) is 0 Å². The van der Waals surface area contributed by atoms with Gasteiger partial charge in [-0.2, -0.15) is 5.10 Å². The molecule has 0 aliphatic heterocycles. The molecule has 1 aliphatic rings. The molecule has 0 bridgehead atoms. The molecule has 1 aromatic rings. The van der Waals surface area contributed by atoms with Crippen LogP contribution in [0.4, 0.5) is 0 Å². The summed E-state index contributed by atoms with van der Waals surface area (Å²) in [5.74, 6) is 0.504. The second-order valence-electron chi connectivity index (χ2n) is 5.48. The minimum absolute atomic E-state index is 0.341. The molecule has 1 heterocycles. The van der Waals surface area contributed by atoms with Gasteiger partial charge in [-0.25, -0.2) is 13.1 Å². The van der Waals surface area contributed by atoms with Crippen molar-refractivity contribution in [3.8, 4) is 0 Å². The minimum Gasteiger partial charge on any atom is -0.318 e. The maximum atomic E-state index is 12.4. The van der Waals surface area contributed by atoms with Crippen LogP contribution in [-0.2, 0) is 16.6 Å². The molecule has 114 valence electrons. The normalized spacial score (nSPS) is 16.4. The summed E-state index contributed by atoms with van der Waals surface area (Å²) in [5, 5.41) is 7.37. The number of sulfonamides is 1. The van der Waals surface area contributed by atoms with Crippen LogP contribution in [-0.4, -0.2) is 38.3 Å². The van der Waals surface area contributed by atoms with E-state index in [0.29, 0.717) is 35.3 Å². The van der Waals surface area contributed by atoms with Gasteiger partial charge in [-0.3, -0.25) is 4.68 Å². The largest absolute Gasteiger partial charge is 0.318 e. The summed E-state index contributed by atoms with van der Waals surface area (Å²) in [6.07, 6.45) is 3.47. The molecule has 1 fully saturated rings. The Morgan fingerprint density at radius 1 is 1.35 bits per heavy atom. The van der Waals surface area contributed by atoms with Gasteiger partial charge in [-0.05, 0) is 39.7 Å². The monoisotopic (exact) mass is 300 g/mol. The first-order chi connectivity index (χ1) is 9.45. The maximum absolute atomic E-state index is 12.4. The lowest BCUT2D eigenvalue weighted by molar-refractivity contribution is 0.316. The van der Waals surface area contributed by atoms with Gasteiger partial charge in [0.1, 0.15) is 4.90 Å². The molecule has 0 aromatic carbocycles. The molecule has 20 heavy (non-hydrogen) atoms. The van der Waals surface area contributed by atoms with E-state index in [9.17, 15) is 8.42 Å². The van der Waals surface area contributed by atoms with Crippen LogP contribution in [0.25, 0.3) is 0 Å². The van der Waals surface area contributed by atoms with Gasteiger partial charge in [-0.1, -0.05) is 6.42 Å². The second-order valence-corrected chi connectivity index (χ2v) is 7.18. The molecule has 6 nitrogen and oxygen atoms in total. The summed E-state index contributed by atoms with van der Waals surface area (Å²) >= 11 is 0. The number of hydrogen-bond donors (Lipinski definition) is 2. The van der Waals surface area contributed by atoms with Crippen molar-refractivity contribution in [1.29, 1.82) is 0 Å². The second kappa shape index (κ2) is 6.24. The van der Waals surface area contributed by atoms with Crippen LogP contribution in [0, 0.1) is 19.8 Å². The summed E-state index contributed by atoms with van der Waals surface area (Å²) in [6, 6.07) is 0. The third-order valence-corrected chi connectivity index (χ3v) is 5.62. The fourth-order valence-corrected chi connectivity index (χ4v) is 4.02. The molecule has 1 saturated carbocycles. The highest BCUT2D eigenvalue weighted by Crippen LogP contribution is 2.26. The lowest BCUT2D eigenvalue weighted by atomic mass is 9.86. The smallest absolute Gasteiger partial charge is 0.244 e. The highest BCUT2D eigenvalue weighted by atomic mass is 32.2. The zero-order chi connectivity index (χ0) is 14.8. The molecule has 2 rings (SSSR count). The number of rotatable bonds is 7. The fourth-order valence-electron chi connectivity index (χ4n) is 2.50. The van der Waals surface area contributed by atoms with Crippen LogP contribution < -0.4 is 10.0 Å². The molecule has 0 radical (unpaired) electrons. The van der Waals surface area contributed by atoms with Crippen molar-refractivity contribution in [1.82, 2.24) is 19.8 Å². The predicted octanol–water partition coefficient (Wildman–Crippen LogP) is 0.798. The van der Waals surface area contributed by atoms with E-state index in [4.69, 9.17) is 0 Å². The van der Waals surface area contributed by atoms with E-state index in [1.54, 1.807) is 11.6 Å².